The number of sulfone groups is 1. The maximum Gasteiger partial charge on any atom is 0.254 e. The van der Waals surface area contributed by atoms with Crippen LogP contribution < -0.4 is 0 Å². The molecule has 0 aliphatic carbocycles. The largest absolute Gasteiger partial charge is 0.464 e. The number of furan rings is 1. The third-order valence-corrected chi connectivity index (χ3v) is 6.16. The van der Waals surface area contributed by atoms with Gasteiger partial charge in [-0.2, -0.15) is 0 Å². The lowest BCUT2D eigenvalue weighted by Gasteiger charge is -2.28. The Morgan fingerprint density at radius 3 is 2.54 bits per heavy atom. The Hall–Kier alpha value is -2.08. The molecule has 5 nitrogen and oxygen atoms in total. The molecule has 0 radical (unpaired) electrons. The minimum atomic E-state index is -3.08. The number of hydrogen-bond acceptors (Lipinski definition) is 4. The Morgan fingerprint density at radius 1 is 1.21 bits per heavy atom. The zero-order valence-corrected chi connectivity index (χ0v) is 14.7. The van der Waals surface area contributed by atoms with Crippen LogP contribution in [0.2, 0.25) is 0 Å². The average molecular weight is 347 g/mol. The summed E-state index contributed by atoms with van der Waals surface area (Å²) in [7, 11) is -3.08. The maximum absolute atomic E-state index is 13.1. The Kier molecular flexibility index (Phi) is 4.49. The van der Waals surface area contributed by atoms with Gasteiger partial charge in [-0.1, -0.05) is 18.2 Å². The lowest BCUT2D eigenvalue weighted by molar-refractivity contribution is 0.0664. The first-order valence-electron chi connectivity index (χ1n) is 7.98. The molecular formula is C18H21NO4S. The fourth-order valence-electron chi connectivity index (χ4n) is 3.09. The van der Waals surface area contributed by atoms with Gasteiger partial charge >= 0.3 is 0 Å². The molecule has 1 aromatic carbocycles. The normalized spacial score (nSPS) is 19.3. The summed E-state index contributed by atoms with van der Waals surface area (Å²) in [6, 6.07) is 10.7. The van der Waals surface area contributed by atoms with Crippen LogP contribution >= 0.6 is 0 Å². The maximum atomic E-state index is 13.1. The zero-order valence-electron chi connectivity index (χ0n) is 13.9. The Balaban J connectivity index is 1.92. The van der Waals surface area contributed by atoms with Crippen LogP contribution in [0.15, 0.2) is 40.8 Å². The molecule has 0 N–H and O–H groups in total. The summed E-state index contributed by atoms with van der Waals surface area (Å²) in [5, 5.41) is 0. The molecular weight excluding hydrogens is 326 g/mol. The molecule has 0 bridgehead atoms. The van der Waals surface area contributed by atoms with E-state index in [1.54, 1.807) is 11.0 Å². The number of carbonyl (C=O) groups is 1. The second-order valence-electron chi connectivity index (χ2n) is 6.32. The van der Waals surface area contributed by atoms with Gasteiger partial charge in [0, 0.05) is 11.6 Å². The average Bonchev–Trinajstić information content (AvgIpc) is 3.10. The standard InChI is InChI=1S/C18H21NO4S/c1-13-5-3-4-6-17(13)18(20)19(11-16-8-7-14(2)23-16)15-9-10-24(21,22)12-15/h3-8,15H,9-12H2,1-2H3/t15-/m1/s1. The number of aryl methyl sites for hydroxylation is 2. The van der Waals surface area contributed by atoms with Crippen LogP contribution in [0.25, 0.3) is 0 Å². The van der Waals surface area contributed by atoms with Crippen molar-refractivity contribution in [3.05, 3.63) is 59.0 Å². The summed E-state index contributed by atoms with van der Waals surface area (Å²) >= 11 is 0. The molecule has 1 aliphatic heterocycles. The monoisotopic (exact) mass is 347 g/mol. The summed E-state index contributed by atoms with van der Waals surface area (Å²) in [6.07, 6.45) is 0.472. The molecule has 24 heavy (non-hydrogen) atoms. The molecule has 0 unspecified atom stereocenters. The quantitative estimate of drug-likeness (QED) is 0.853. The van der Waals surface area contributed by atoms with Crippen LogP contribution in [0.3, 0.4) is 0 Å². The molecule has 1 saturated heterocycles. The fourth-order valence-corrected chi connectivity index (χ4v) is 4.82. The van der Waals surface area contributed by atoms with E-state index >= 15 is 0 Å². The van der Waals surface area contributed by atoms with Gasteiger partial charge in [0.2, 0.25) is 0 Å². The molecule has 0 saturated carbocycles. The highest BCUT2D eigenvalue weighted by Crippen LogP contribution is 2.24. The predicted octanol–water partition coefficient (Wildman–Crippen LogP) is 2.73. The smallest absolute Gasteiger partial charge is 0.254 e. The van der Waals surface area contributed by atoms with Crippen molar-refractivity contribution in [2.45, 2.75) is 32.9 Å². The van der Waals surface area contributed by atoms with Crippen LogP contribution in [0.5, 0.6) is 0 Å². The van der Waals surface area contributed by atoms with Crippen LogP contribution in [-0.4, -0.2) is 36.8 Å². The van der Waals surface area contributed by atoms with Crippen LogP contribution in [0, 0.1) is 13.8 Å². The molecule has 128 valence electrons. The van der Waals surface area contributed by atoms with E-state index in [-0.39, 0.29) is 30.0 Å². The number of amides is 1. The van der Waals surface area contributed by atoms with Gasteiger partial charge in [0.15, 0.2) is 9.84 Å². The zero-order chi connectivity index (χ0) is 17.3. The molecule has 2 heterocycles. The van der Waals surface area contributed by atoms with E-state index in [4.69, 9.17) is 4.42 Å². The van der Waals surface area contributed by atoms with E-state index < -0.39 is 9.84 Å². The van der Waals surface area contributed by atoms with E-state index in [1.165, 1.54) is 0 Å². The van der Waals surface area contributed by atoms with Crippen molar-refractivity contribution >= 4 is 15.7 Å². The summed E-state index contributed by atoms with van der Waals surface area (Å²) in [6.45, 7) is 4.01. The second kappa shape index (κ2) is 6.43. The molecule has 6 heteroatoms. The third kappa shape index (κ3) is 3.53. The molecule has 2 aromatic rings. The number of benzene rings is 1. The molecule has 1 amide bonds. The van der Waals surface area contributed by atoms with Gasteiger partial charge in [-0.05, 0) is 44.0 Å². The van der Waals surface area contributed by atoms with Gasteiger partial charge in [0.25, 0.3) is 5.91 Å². The van der Waals surface area contributed by atoms with Gasteiger partial charge in [-0.3, -0.25) is 4.79 Å². The summed E-state index contributed by atoms with van der Waals surface area (Å²) in [5.74, 6) is 1.44. The van der Waals surface area contributed by atoms with E-state index in [0.717, 1.165) is 11.3 Å². The summed E-state index contributed by atoms with van der Waals surface area (Å²) < 4.78 is 29.3. The van der Waals surface area contributed by atoms with E-state index in [9.17, 15) is 13.2 Å². The van der Waals surface area contributed by atoms with Gasteiger partial charge < -0.3 is 9.32 Å². The van der Waals surface area contributed by atoms with E-state index in [1.807, 2.05) is 44.2 Å². The number of carbonyl (C=O) groups excluding carboxylic acids is 1. The van der Waals surface area contributed by atoms with E-state index in [0.29, 0.717) is 17.7 Å². The van der Waals surface area contributed by atoms with Crippen LogP contribution in [0.1, 0.15) is 33.9 Å². The molecule has 1 aliphatic rings. The third-order valence-electron chi connectivity index (χ3n) is 4.41. The SMILES string of the molecule is Cc1ccc(CN(C(=O)c2ccccc2C)[C@@H]2CCS(=O)(=O)C2)o1. The Bertz CT molecular complexity index is 853. The Morgan fingerprint density at radius 2 is 1.96 bits per heavy atom. The first-order chi connectivity index (χ1) is 11.4. The van der Waals surface area contributed by atoms with Gasteiger partial charge in [-0.15, -0.1) is 0 Å². The van der Waals surface area contributed by atoms with Crippen LogP contribution in [-0.2, 0) is 16.4 Å². The summed E-state index contributed by atoms with van der Waals surface area (Å²) in [4.78, 5) is 14.7. The lowest BCUT2D eigenvalue weighted by atomic mass is 10.1. The fraction of sp³-hybridized carbons (Fsp3) is 0.389. The van der Waals surface area contributed by atoms with Gasteiger partial charge in [0.05, 0.1) is 18.1 Å². The lowest BCUT2D eigenvalue weighted by Crippen LogP contribution is -2.40. The number of hydrogen-bond donors (Lipinski definition) is 0. The summed E-state index contributed by atoms with van der Waals surface area (Å²) in [5.41, 5.74) is 1.48. The highest BCUT2D eigenvalue weighted by atomic mass is 32.2. The van der Waals surface area contributed by atoms with Crippen molar-refractivity contribution in [2.75, 3.05) is 11.5 Å². The van der Waals surface area contributed by atoms with Crippen molar-refractivity contribution in [1.82, 2.24) is 4.90 Å². The van der Waals surface area contributed by atoms with E-state index in [2.05, 4.69) is 0 Å². The van der Waals surface area contributed by atoms with Crippen molar-refractivity contribution in [1.29, 1.82) is 0 Å². The molecule has 0 spiro atoms. The van der Waals surface area contributed by atoms with Crippen LogP contribution in [0.4, 0.5) is 0 Å². The topological polar surface area (TPSA) is 67.6 Å². The highest BCUT2D eigenvalue weighted by Gasteiger charge is 2.35. The number of nitrogens with zero attached hydrogens (tertiary/aromatic N) is 1. The molecule has 1 atom stereocenters. The van der Waals surface area contributed by atoms with Crippen molar-refractivity contribution in [3.8, 4) is 0 Å². The Labute approximate surface area is 142 Å². The molecule has 3 rings (SSSR count). The van der Waals surface area contributed by atoms with Crippen molar-refractivity contribution in [2.24, 2.45) is 0 Å². The highest BCUT2D eigenvalue weighted by molar-refractivity contribution is 7.91. The van der Waals surface area contributed by atoms with Crippen molar-refractivity contribution < 1.29 is 17.6 Å². The van der Waals surface area contributed by atoms with Gasteiger partial charge in [-0.25, -0.2) is 8.42 Å². The number of rotatable bonds is 4. The predicted molar refractivity (Wildman–Crippen MR) is 91.6 cm³/mol. The molecule has 1 fully saturated rings. The minimum absolute atomic E-state index is 0.0182. The van der Waals surface area contributed by atoms with Crippen molar-refractivity contribution in [3.63, 3.8) is 0 Å². The minimum Gasteiger partial charge on any atom is -0.464 e. The second-order valence-corrected chi connectivity index (χ2v) is 8.55. The van der Waals surface area contributed by atoms with Gasteiger partial charge in [0.1, 0.15) is 11.5 Å². The first kappa shape index (κ1) is 16.8. The molecule has 1 aromatic heterocycles. The first-order valence-corrected chi connectivity index (χ1v) is 9.80.